The molecule has 0 amide bonds. The van der Waals surface area contributed by atoms with Crippen molar-refractivity contribution in [2.75, 3.05) is 5.32 Å². The normalized spacial score (nSPS) is 10.2. The highest BCUT2D eigenvalue weighted by Crippen LogP contribution is 2.30. The maximum Gasteiger partial charge on any atom is 0.148 e. The largest absolute Gasteiger partial charge is 0.338 e. The van der Waals surface area contributed by atoms with Gasteiger partial charge in [-0.3, -0.25) is 0 Å². The molecule has 0 aliphatic carbocycles. The van der Waals surface area contributed by atoms with Crippen LogP contribution in [0.2, 0.25) is 5.02 Å². The summed E-state index contributed by atoms with van der Waals surface area (Å²) in [6.07, 6.45) is 3.17. The number of aromatic nitrogens is 2. The molecule has 3 nitrogen and oxygen atoms in total. The standard InChI is InChI=1S/C11H9BrClN3/c1-7-3-2-4-9(13)10(7)16-11-8(12)5-14-6-15-11/h2-6H,1H3,(H,14,15,16). The Labute approximate surface area is 107 Å². The first-order chi connectivity index (χ1) is 7.68. The Morgan fingerprint density at radius 2 is 2.19 bits per heavy atom. The van der Waals surface area contributed by atoms with Crippen molar-refractivity contribution >= 4 is 39.0 Å². The van der Waals surface area contributed by atoms with Gasteiger partial charge in [-0.05, 0) is 34.5 Å². The highest BCUT2D eigenvalue weighted by molar-refractivity contribution is 9.10. The average Bonchev–Trinajstić information content (AvgIpc) is 2.26. The maximum atomic E-state index is 6.11. The van der Waals surface area contributed by atoms with Crippen molar-refractivity contribution in [2.24, 2.45) is 0 Å². The van der Waals surface area contributed by atoms with Crippen LogP contribution in [0.15, 0.2) is 35.2 Å². The number of hydrogen-bond donors (Lipinski definition) is 1. The Bertz CT molecular complexity index is 496. The average molecular weight is 299 g/mol. The van der Waals surface area contributed by atoms with Crippen LogP contribution in [0, 0.1) is 6.92 Å². The van der Waals surface area contributed by atoms with Crippen LogP contribution in [-0.2, 0) is 0 Å². The lowest BCUT2D eigenvalue weighted by Crippen LogP contribution is -1.97. The van der Waals surface area contributed by atoms with Crippen LogP contribution < -0.4 is 5.32 Å². The number of nitrogens with zero attached hydrogens (tertiary/aromatic N) is 2. The highest BCUT2D eigenvalue weighted by Gasteiger charge is 2.06. The van der Waals surface area contributed by atoms with E-state index in [0.29, 0.717) is 10.8 Å². The Morgan fingerprint density at radius 3 is 2.88 bits per heavy atom. The summed E-state index contributed by atoms with van der Waals surface area (Å²) in [7, 11) is 0. The van der Waals surface area contributed by atoms with E-state index in [1.54, 1.807) is 6.20 Å². The SMILES string of the molecule is Cc1cccc(Cl)c1Nc1ncncc1Br. The molecule has 0 bridgehead atoms. The van der Waals surface area contributed by atoms with Crippen LogP contribution in [0.3, 0.4) is 0 Å². The van der Waals surface area contributed by atoms with Crippen LogP contribution in [0.4, 0.5) is 11.5 Å². The van der Waals surface area contributed by atoms with Gasteiger partial charge in [0.2, 0.25) is 0 Å². The molecule has 1 aromatic carbocycles. The minimum atomic E-state index is 0.672. The van der Waals surface area contributed by atoms with Gasteiger partial charge in [0, 0.05) is 6.20 Å². The number of aryl methyl sites for hydroxylation is 1. The van der Waals surface area contributed by atoms with Crippen LogP contribution in [0.1, 0.15) is 5.56 Å². The van der Waals surface area contributed by atoms with Gasteiger partial charge in [-0.25, -0.2) is 9.97 Å². The van der Waals surface area contributed by atoms with Crippen molar-refractivity contribution in [1.29, 1.82) is 0 Å². The molecule has 1 heterocycles. The molecular weight excluding hydrogens is 289 g/mol. The molecule has 5 heteroatoms. The second kappa shape index (κ2) is 4.80. The Morgan fingerprint density at radius 1 is 1.38 bits per heavy atom. The molecule has 0 saturated carbocycles. The van der Waals surface area contributed by atoms with Crippen molar-refractivity contribution in [3.63, 3.8) is 0 Å². The summed E-state index contributed by atoms with van der Waals surface area (Å²) in [6, 6.07) is 5.74. The summed E-state index contributed by atoms with van der Waals surface area (Å²) >= 11 is 9.48. The van der Waals surface area contributed by atoms with Crippen molar-refractivity contribution in [3.05, 3.63) is 45.8 Å². The fourth-order valence-electron chi connectivity index (χ4n) is 1.31. The van der Waals surface area contributed by atoms with E-state index >= 15 is 0 Å². The van der Waals surface area contributed by atoms with Crippen molar-refractivity contribution in [2.45, 2.75) is 6.92 Å². The van der Waals surface area contributed by atoms with Gasteiger partial charge in [0.25, 0.3) is 0 Å². The maximum absolute atomic E-state index is 6.11. The summed E-state index contributed by atoms with van der Waals surface area (Å²) < 4.78 is 0.800. The molecule has 0 unspecified atom stereocenters. The summed E-state index contributed by atoms with van der Waals surface area (Å²) in [5, 5.41) is 3.85. The molecule has 1 aromatic heterocycles. The molecule has 0 radical (unpaired) electrons. The van der Waals surface area contributed by atoms with Crippen molar-refractivity contribution in [1.82, 2.24) is 9.97 Å². The fourth-order valence-corrected chi connectivity index (χ4v) is 1.90. The van der Waals surface area contributed by atoms with E-state index in [2.05, 4.69) is 31.2 Å². The second-order valence-electron chi connectivity index (χ2n) is 3.28. The minimum absolute atomic E-state index is 0.672. The number of halogens is 2. The third-order valence-corrected chi connectivity index (χ3v) is 3.03. The monoisotopic (exact) mass is 297 g/mol. The minimum Gasteiger partial charge on any atom is -0.338 e. The molecule has 0 atom stereocenters. The third kappa shape index (κ3) is 2.33. The van der Waals surface area contributed by atoms with Crippen LogP contribution >= 0.6 is 27.5 Å². The van der Waals surface area contributed by atoms with Gasteiger partial charge in [0.15, 0.2) is 0 Å². The molecule has 0 spiro atoms. The zero-order valence-electron chi connectivity index (χ0n) is 8.54. The lowest BCUT2D eigenvalue weighted by Gasteiger charge is -2.11. The Balaban J connectivity index is 2.38. The first-order valence-corrected chi connectivity index (χ1v) is 5.83. The quantitative estimate of drug-likeness (QED) is 0.912. The van der Waals surface area contributed by atoms with Gasteiger partial charge < -0.3 is 5.32 Å². The molecule has 16 heavy (non-hydrogen) atoms. The zero-order chi connectivity index (χ0) is 11.5. The first kappa shape index (κ1) is 11.4. The summed E-state index contributed by atoms with van der Waals surface area (Å²) in [5.74, 6) is 0.700. The summed E-state index contributed by atoms with van der Waals surface area (Å²) in [6.45, 7) is 1.99. The number of nitrogens with one attached hydrogen (secondary N) is 1. The number of anilines is 2. The Kier molecular flexibility index (Phi) is 3.41. The highest BCUT2D eigenvalue weighted by atomic mass is 79.9. The number of benzene rings is 1. The lowest BCUT2D eigenvalue weighted by molar-refractivity contribution is 1.15. The first-order valence-electron chi connectivity index (χ1n) is 4.66. The topological polar surface area (TPSA) is 37.8 Å². The van der Waals surface area contributed by atoms with Gasteiger partial charge in [0.1, 0.15) is 12.1 Å². The molecule has 0 saturated heterocycles. The second-order valence-corrected chi connectivity index (χ2v) is 4.54. The molecule has 0 aliphatic rings. The smallest absolute Gasteiger partial charge is 0.148 e. The van der Waals surface area contributed by atoms with Gasteiger partial charge >= 0.3 is 0 Å². The molecular formula is C11H9BrClN3. The van der Waals surface area contributed by atoms with E-state index in [9.17, 15) is 0 Å². The van der Waals surface area contributed by atoms with E-state index in [1.807, 2.05) is 25.1 Å². The lowest BCUT2D eigenvalue weighted by atomic mass is 10.2. The van der Waals surface area contributed by atoms with Crippen LogP contribution in [0.25, 0.3) is 0 Å². The van der Waals surface area contributed by atoms with E-state index in [-0.39, 0.29) is 0 Å². The third-order valence-electron chi connectivity index (χ3n) is 2.13. The van der Waals surface area contributed by atoms with E-state index in [0.717, 1.165) is 15.7 Å². The number of hydrogen-bond acceptors (Lipinski definition) is 3. The number of para-hydroxylation sites is 1. The molecule has 1 N–H and O–H groups in total. The molecule has 2 aromatic rings. The van der Waals surface area contributed by atoms with Gasteiger partial charge in [-0.1, -0.05) is 23.7 Å². The molecule has 0 fully saturated rings. The molecule has 82 valence electrons. The van der Waals surface area contributed by atoms with Gasteiger partial charge in [-0.15, -0.1) is 0 Å². The van der Waals surface area contributed by atoms with Gasteiger partial charge in [0.05, 0.1) is 15.2 Å². The van der Waals surface area contributed by atoms with Crippen molar-refractivity contribution < 1.29 is 0 Å². The van der Waals surface area contributed by atoms with Crippen LogP contribution in [-0.4, -0.2) is 9.97 Å². The zero-order valence-corrected chi connectivity index (χ0v) is 10.9. The van der Waals surface area contributed by atoms with Crippen molar-refractivity contribution in [3.8, 4) is 0 Å². The predicted molar refractivity (Wildman–Crippen MR) is 69.2 cm³/mol. The van der Waals surface area contributed by atoms with E-state index < -0.39 is 0 Å². The van der Waals surface area contributed by atoms with Gasteiger partial charge in [-0.2, -0.15) is 0 Å². The Hall–Kier alpha value is -1.13. The molecule has 0 aliphatic heterocycles. The summed E-state index contributed by atoms with van der Waals surface area (Å²) in [4.78, 5) is 8.03. The summed E-state index contributed by atoms with van der Waals surface area (Å²) in [5.41, 5.74) is 1.93. The predicted octanol–water partition coefficient (Wildman–Crippen LogP) is 3.94. The van der Waals surface area contributed by atoms with Crippen LogP contribution in [0.5, 0.6) is 0 Å². The fraction of sp³-hybridized carbons (Fsp3) is 0.0909. The van der Waals surface area contributed by atoms with E-state index in [1.165, 1.54) is 6.33 Å². The number of rotatable bonds is 2. The molecule has 2 rings (SSSR count). The van der Waals surface area contributed by atoms with E-state index in [4.69, 9.17) is 11.6 Å².